The van der Waals surface area contributed by atoms with Crippen LogP contribution in [0.25, 0.3) is 0 Å². The van der Waals surface area contributed by atoms with E-state index in [1.165, 1.54) is 11.3 Å². The zero-order valence-electron chi connectivity index (χ0n) is 9.69. The minimum Gasteiger partial charge on any atom is -0.348 e. The molecular weight excluding hydrogens is 222 g/mol. The van der Waals surface area contributed by atoms with Crippen molar-refractivity contribution in [2.45, 2.75) is 25.3 Å². The van der Waals surface area contributed by atoms with Crippen LogP contribution in [0.5, 0.6) is 0 Å². The average molecular weight is 239 g/mol. The summed E-state index contributed by atoms with van der Waals surface area (Å²) < 4.78 is 1.92. The van der Waals surface area contributed by atoms with E-state index < -0.39 is 0 Å². The number of hydrogen-bond donors (Lipinski definition) is 1. The Kier molecular flexibility index (Phi) is 3.53. The molecule has 0 aliphatic heterocycles. The average Bonchev–Trinajstić information content (AvgIpc) is 2.62. The van der Waals surface area contributed by atoms with Crippen LogP contribution in [0.15, 0.2) is 6.20 Å². The Morgan fingerprint density at radius 1 is 1.75 bits per heavy atom. The summed E-state index contributed by atoms with van der Waals surface area (Å²) in [6, 6.07) is 0.164. The van der Waals surface area contributed by atoms with Gasteiger partial charge in [0.1, 0.15) is 0 Å². The van der Waals surface area contributed by atoms with Crippen molar-refractivity contribution in [1.82, 2.24) is 15.1 Å². The fourth-order valence-electron chi connectivity index (χ4n) is 2.22. The summed E-state index contributed by atoms with van der Waals surface area (Å²) in [5, 5.41) is 7.34. The van der Waals surface area contributed by atoms with Gasteiger partial charge in [-0.25, -0.2) is 0 Å². The molecule has 2 rings (SSSR count). The van der Waals surface area contributed by atoms with Crippen LogP contribution in [-0.4, -0.2) is 27.7 Å². The third kappa shape index (κ3) is 2.24. The topological polar surface area (TPSA) is 46.9 Å². The van der Waals surface area contributed by atoms with Crippen LogP contribution < -0.4 is 5.32 Å². The molecule has 1 amide bonds. The largest absolute Gasteiger partial charge is 0.348 e. The summed E-state index contributed by atoms with van der Waals surface area (Å²) in [6.07, 6.45) is 7.05. The van der Waals surface area contributed by atoms with Gasteiger partial charge in [0, 0.05) is 18.3 Å². The van der Waals surface area contributed by atoms with Gasteiger partial charge in [-0.1, -0.05) is 0 Å². The summed E-state index contributed by atoms with van der Waals surface area (Å²) in [6.45, 7) is 0. The predicted molar refractivity (Wildman–Crippen MR) is 65.4 cm³/mol. The number of nitrogens with one attached hydrogen (secondary N) is 1. The second-order valence-electron chi connectivity index (χ2n) is 4.12. The fourth-order valence-corrected chi connectivity index (χ4v) is 2.57. The lowest BCUT2D eigenvalue weighted by atomic mass is 9.93. The molecular formula is C11H17N3OS. The quantitative estimate of drug-likeness (QED) is 0.864. The van der Waals surface area contributed by atoms with Crippen molar-refractivity contribution < 1.29 is 4.79 Å². The number of aryl methyl sites for hydroxylation is 1. The van der Waals surface area contributed by atoms with Crippen LogP contribution in [0.1, 0.15) is 30.1 Å². The second-order valence-corrected chi connectivity index (χ2v) is 4.98. The molecule has 0 radical (unpaired) electrons. The molecule has 0 saturated heterocycles. The van der Waals surface area contributed by atoms with Gasteiger partial charge in [-0.15, -0.1) is 0 Å². The molecule has 1 heterocycles. The number of nitrogens with zero attached hydrogens (tertiary/aromatic N) is 2. The first-order chi connectivity index (χ1) is 7.72. The van der Waals surface area contributed by atoms with Gasteiger partial charge in [0.05, 0.1) is 18.0 Å². The van der Waals surface area contributed by atoms with Crippen molar-refractivity contribution in [2.24, 2.45) is 7.05 Å². The van der Waals surface area contributed by atoms with Crippen molar-refractivity contribution in [3.8, 4) is 0 Å². The van der Waals surface area contributed by atoms with Gasteiger partial charge in [0.25, 0.3) is 0 Å². The molecule has 0 saturated carbocycles. The van der Waals surface area contributed by atoms with Crippen LogP contribution in [0.2, 0.25) is 0 Å². The van der Waals surface area contributed by atoms with Crippen molar-refractivity contribution in [3.05, 3.63) is 17.5 Å². The summed E-state index contributed by atoms with van der Waals surface area (Å²) in [5.74, 6) is 0.653. The van der Waals surface area contributed by atoms with E-state index in [2.05, 4.69) is 10.4 Å². The Labute approximate surface area is 99.8 Å². The monoisotopic (exact) mass is 239 g/mol. The standard InChI is InChI=1S/C11H17N3OS/c1-14-10-5-3-4-9(8(10)6-12-14)13-11(15)7-16-2/h6,9H,3-5,7H2,1-2H3,(H,13,15)/t9-/m1/s1. The van der Waals surface area contributed by atoms with E-state index in [0.717, 1.165) is 19.3 Å². The van der Waals surface area contributed by atoms with Crippen LogP contribution in [0.3, 0.4) is 0 Å². The molecule has 1 N–H and O–H groups in total. The third-order valence-electron chi connectivity index (χ3n) is 2.99. The number of hydrogen-bond acceptors (Lipinski definition) is 3. The summed E-state index contributed by atoms with van der Waals surface area (Å²) in [7, 11) is 1.96. The highest BCUT2D eigenvalue weighted by Crippen LogP contribution is 2.28. The van der Waals surface area contributed by atoms with Crippen LogP contribution in [0, 0.1) is 0 Å². The summed E-state index contributed by atoms with van der Waals surface area (Å²) in [5.41, 5.74) is 2.46. The molecule has 1 aromatic rings. The smallest absolute Gasteiger partial charge is 0.230 e. The van der Waals surface area contributed by atoms with Gasteiger partial charge in [-0.2, -0.15) is 16.9 Å². The minimum atomic E-state index is 0.120. The first-order valence-corrected chi connectivity index (χ1v) is 6.91. The van der Waals surface area contributed by atoms with E-state index >= 15 is 0 Å². The van der Waals surface area contributed by atoms with E-state index in [-0.39, 0.29) is 11.9 Å². The zero-order valence-corrected chi connectivity index (χ0v) is 10.5. The van der Waals surface area contributed by atoms with E-state index in [4.69, 9.17) is 0 Å². The molecule has 1 aliphatic rings. The van der Waals surface area contributed by atoms with Gasteiger partial charge < -0.3 is 5.32 Å². The van der Waals surface area contributed by atoms with E-state index in [0.29, 0.717) is 5.75 Å². The molecule has 1 atom stereocenters. The Morgan fingerprint density at radius 3 is 3.31 bits per heavy atom. The van der Waals surface area contributed by atoms with Gasteiger partial charge in [-0.3, -0.25) is 9.48 Å². The molecule has 5 heteroatoms. The lowest BCUT2D eigenvalue weighted by molar-refractivity contribution is -0.119. The first kappa shape index (κ1) is 11.5. The second kappa shape index (κ2) is 4.91. The number of carbonyl (C=O) groups is 1. The lowest BCUT2D eigenvalue weighted by Crippen LogP contribution is -2.32. The van der Waals surface area contributed by atoms with Crippen molar-refractivity contribution >= 4 is 17.7 Å². The zero-order chi connectivity index (χ0) is 11.5. The summed E-state index contributed by atoms with van der Waals surface area (Å²) in [4.78, 5) is 11.6. The number of thioether (sulfide) groups is 1. The maximum Gasteiger partial charge on any atom is 0.230 e. The number of aromatic nitrogens is 2. The van der Waals surface area contributed by atoms with Crippen LogP contribution >= 0.6 is 11.8 Å². The molecule has 4 nitrogen and oxygen atoms in total. The number of amides is 1. The fraction of sp³-hybridized carbons (Fsp3) is 0.636. The SMILES string of the molecule is CSCC(=O)N[C@@H]1CCCc2c1cnn2C. The molecule has 1 aromatic heterocycles. The Hall–Kier alpha value is -0.970. The first-order valence-electron chi connectivity index (χ1n) is 5.51. The molecule has 0 unspecified atom stereocenters. The maximum atomic E-state index is 11.6. The molecule has 88 valence electrons. The molecule has 0 fully saturated rings. The van der Waals surface area contributed by atoms with E-state index in [1.54, 1.807) is 11.8 Å². The van der Waals surface area contributed by atoms with E-state index in [9.17, 15) is 4.79 Å². The molecule has 16 heavy (non-hydrogen) atoms. The normalized spacial score (nSPS) is 19.2. The van der Waals surface area contributed by atoms with Crippen molar-refractivity contribution in [1.29, 1.82) is 0 Å². The summed E-state index contributed by atoms with van der Waals surface area (Å²) >= 11 is 1.55. The van der Waals surface area contributed by atoms with Gasteiger partial charge >= 0.3 is 0 Å². The Balaban J connectivity index is 2.10. The highest BCUT2D eigenvalue weighted by molar-refractivity contribution is 7.99. The van der Waals surface area contributed by atoms with Gasteiger partial charge in [-0.05, 0) is 25.5 Å². The minimum absolute atomic E-state index is 0.120. The highest BCUT2D eigenvalue weighted by Gasteiger charge is 2.24. The van der Waals surface area contributed by atoms with E-state index in [1.807, 2.05) is 24.2 Å². The number of carbonyl (C=O) groups excluding carboxylic acids is 1. The number of fused-ring (bicyclic) bond motifs is 1. The Morgan fingerprint density at radius 2 is 2.56 bits per heavy atom. The van der Waals surface area contributed by atoms with Gasteiger partial charge in [0.2, 0.25) is 5.91 Å². The van der Waals surface area contributed by atoms with Gasteiger partial charge in [0.15, 0.2) is 0 Å². The maximum absolute atomic E-state index is 11.6. The number of rotatable bonds is 3. The lowest BCUT2D eigenvalue weighted by Gasteiger charge is -2.23. The predicted octanol–water partition coefficient (Wildman–Crippen LogP) is 1.28. The Bertz CT molecular complexity index is 389. The third-order valence-corrected chi connectivity index (χ3v) is 3.54. The molecule has 0 aromatic carbocycles. The highest BCUT2D eigenvalue weighted by atomic mass is 32.2. The van der Waals surface area contributed by atoms with Crippen molar-refractivity contribution in [3.63, 3.8) is 0 Å². The van der Waals surface area contributed by atoms with Crippen LogP contribution in [-0.2, 0) is 18.3 Å². The molecule has 0 spiro atoms. The molecule has 0 bridgehead atoms. The molecule has 1 aliphatic carbocycles. The van der Waals surface area contributed by atoms with Crippen LogP contribution in [0.4, 0.5) is 0 Å². The van der Waals surface area contributed by atoms with Crippen molar-refractivity contribution in [2.75, 3.05) is 12.0 Å².